The smallest absolute Gasteiger partial charge is 0.435 e. The number of rotatable bonds is 4. The summed E-state index contributed by atoms with van der Waals surface area (Å²) in [6.07, 6.45) is -3.58. The van der Waals surface area contributed by atoms with E-state index in [1.165, 1.54) is 0 Å². The van der Waals surface area contributed by atoms with Crippen LogP contribution in [0.15, 0.2) is 12.3 Å². The van der Waals surface area contributed by atoms with Gasteiger partial charge in [0.15, 0.2) is 5.69 Å². The number of halogens is 3. The van der Waals surface area contributed by atoms with Crippen molar-refractivity contribution in [2.45, 2.75) is 39.5 Å². The Morgan fingerprint density at radius 3 is 2.33 bits per heavy atom. The highest BCUT2D eigenvalue weighted by atomic mass is 19.4. The first-order valence-electron chi connectivity index (χ1n) is 6.04. The molecule has 0 aliphatic rings. The molecule has 1 aromatic rings. The Balaban J connectivity index is 2.73. The van der Waals surface area contributed by atoms with Gasteiger partial charge in [-0.25, -0.2) is 4.79 Å². The molecule has 0 spiro atoms. The van der Waals surface area contributed by atoms with E-state index in [-0.39, 0.29) is 0 Å². The van der Waals surface area contributed by atoms with E-state index >= 15 is 0 Å². The second-order valence-electron chi connectivity index (χ2n) is 5.60. The van der Waals surface area contributed by atoms with Crippen molar-refractivity contribution in [2.75, 3.05) is 0 Å². The highest BCUT2D eigenvalue weighted by molar-refractivity contribution is 5.83. The van der Waals surface area contributed by atoms with Gasteiger partial charge in [0.2, 0.25) is 5.91 Å². The number of carboxylic acids is 1. The van der Waals surface area contributed by atoms with E-state index in [0.29, 0.717) is 0 Å². The van der Waals surface area contributed by atoms with Crippen molar-refractivity contribution in [1.82, 2.24) is 15.1 Å². The first kappa shape index (κ1) is 17.0. The number of hydrogen-bond acceptors (Lipinski definition) is 3. The maximum Gasteiger partial charge on any atom is 0.435 e. The summed E-state index contributed by atoms with van der Waals surface area (Å²) >= 11 is 0. The van der Waals surface area contributed by atoms with Crippen molar-refractivity contribution in [3.63, 3.8) is 0 Å². The van der Waals surface area contributed by atoms with Crippen molar-refractivity contribution >= 4 is 11.9 Å². The predicted octanol–water partition coefficient (Wildman–Crippen LogP) is 1.52. The number of carbonyl (C=O) groups is 2. The van der Waals surface area contributed by atoms with Gasteiger partial charge < -0.3 is 10.4 Å². The van der Waals surface area contributed by atoms with Crippen LogP contribution < -0.4 is 5.32 Å². The van der Waals surface area contributed by atoms with Crippen molar-refractivity contribution < 1.29 is 27.9 Å². The SMILES string of the molecule is CC(C)(C)C(NC(=O)Cn1ccc(C(F)(F)F)n1)C(=O)O. The molecule has 0 aliphatic carbocycles. The van der Waals surface area contributed by atoms with Gasteiger partial charge in [0.25, 0.3) is 0 Å². The highest BCUT2D eigenvalue weighted by Crippen LogP contribution is 2.27. The van der Waals surface area contributed by atoms with Crippen LogP contribution in [-0.4, -0.2) is 32.8 Å². The van der Waals surface area contributed by atoms with Crippen LogP contribution in [0.25, 0.3) is 0 Å². The molecule has 0 aromatic carbocycles. The molecule has 1 rings (SSSR count). The molecule has 1 heterocycles. The Morgan fingerprint density at radius 1 is 1.38 bits per heavy atom. The molecule has 21 heavy (non-hydrogen) atoms. The highest BCUT2D eigenvalue weighted by Gasteiger charge is 2.34. The molecule has 118 valence electrons. The van der Waals surface area contributed by atoms with Crippen molar-refractivity contribution in [3.05, 3.63) is 18.0 Å². The first-order valence-corrected chi connectivity index (χ1v) is 6.04. The Hall–Kier alpha value is -2.06. The number of alkyl halides is 3. The lowest BCUT2D eigenvalue weighted by atomic mass is 9.87. The van der Waals surface area contributed by atoms with Gasteiger partial charge in [-0.05, 0) is 11.5 Å². The van der Waals surface area contributed by atoms with E-state index in [4.69, 9.17) is 5.11 Å². The average Bonchev–Trinajstić information content (AvgIpc) is 2.72. The molecule has 0 bridgehead atoms. The molecule has 0 saturated heterocycles. The van der Waals surface area contributed by atoms with Crippen LogP contribution in [-0.2, 0) is 22.3 Å². The maximum absolute atomic E-state index is 12.4. The van der Waals surface area contributed by atoms with Crippen LogP contribution in [0.1, 0.15) is 26.5 Å². The predicted molar refractivity (Wildman–Crippen MR) is 66.3 cm³/mol. The van der Waals surface area contributed by atoms with Crippen LogP contribution in [0.2, 0.25) is 0 Å². The average molecular weight is 307 g/mol. The van der Waals surface area contributed by atoms with E-state index in [9.17, 15) is 22.8 Å². The largest absolute Gasteiger partial charge is 0.480 e. The summed E-state index contributed by atoms with van der Waals surface area (Å²) in [7, 11) is 0. The minimum Gasteiger partial charge on any atom is -0.480 e. The van der Waals surface area contributed by atoms with Gasteiger partial charge >= 0.3 is 12.1 Å². The standard InChI is InChI=1S/C12H16F3N3O3/c1-11(2,3)9(10(20)21)16-8(19)6-18-5-4-7(17-18)12(13,14)15/h4-5,9H,6H2,1-3H3,(H,16,19)(H,20,21). The lowest BCUT2D eigenvalue weighted by Gasteiger charge is -2.27. The van der Waals surface area contributed by atoms with Gasteiger partial charge in [-0.3, -0.25) is 9.48 Å². The quantitative estimate of drug-likeness (QED) is 0.883. The third-order valence-corrected chi connectivity index (χ3v) is 2.66. The van der Waals surface area contributed by atoms with E-state index in [1.54, 1.807) is 20.8 Å². The molecular formula is C12H16F3N3O3. The van der Waals surface area contributed by atoms with Gasteiger partial charge in [-0.1, -0.05) is 20.8 Å². The topological polar surface area (TPSA) is 84.2 Å². The molecule has 0 radical (unpaired) electrons. The fraction of sp³-hybridized carbons (Fsp3) is 0.583. The van der Waals surface area contributed by atoms with Crippen LogP contribution in [0.5, 0.6) is 0 Å². The third-order valence-electron chi connectivity index (χ3n) is 2.66. The third kappa shape index (κ3) is 4.76. The van der Waals surface area contributed by atoms with Gasteiger partial charge in [-0.15, -0.1) is 0 Å². The molecular weight excluding hydrogens is 291 g/mol. The second-order valence-corrected chi connectivity index (χ2v) is 5.60. The zero-order valence-corrected chi connectivity index (χ0v) is 11.7. The summed E-state index contributed by atoms with van der Waals surface area (Å²) < 4.78 is 37.9. The molecule has 0 saturated carbocycles. The molecule has 2 N–H and O–H groups in total. The molecule has 9 heteroatoms. The maximum atomic E-state index is 12.4. The molecule has 0 aliphatic heterocycles. The number of nitrogens with one attached hydrogen (secondary N) is 1. The van der Waals surface area contributed by atoms with E-state index in [1.807, 2.05) is 0 Å². The van der Waals surface area contributed by atoms with Crippen LogP contribution in [0.3, 0.4) is 0 Å². The van der Waals surface area contributed by atoms with Gasteiger partial charge in [-0.2, -0.15) is 18.3 Å². The lowest BCUT2D eigenvalue weighted by molar-refractivity contribution is -0.145. The zero-order chi connectivity index (χ0) is 16.4. The van der Waals surface area contributed by atoms with Gasteiger partial charge in [0.1, 0.15) is 12.6 Å². The summed E-state index contributed by atoms with van der Waals surface area (Å²) in [4.78, 5) is 22.8. The summed E-state index contributed by atoms with van der Waals surface area (Å²) in [5, 5.41) is 14.5. The molecule has 6 nitrogen and oxygen atoms in total. The lowest BCUT2D eigenvalue weighted by Crippen LogP contribution is -2.50. The second kappa shape index (κ2) is 5.74. The Kier molecular flexibility index (Phi) is 4.65. The van der Waals surface area contributed by atoms with Crippen LogP contribution in [0.4, 0.5) is 13.2 Å². The number of carbonyl (C=O) groups excluding carboxylic acids is 1. The minimum atomic E-state index is -4.59. The summed E-state index contributed by atoms with van der Waals surface area (Å²) in [5.41, 5.74) is -1.84. The van der Waals surface area contributed by atoms with E-state index < -0.39 is 41.7 Å². The molecule has 1 unspecified atom stereocenters. The van der Waals surface area contributed by atoms with E-state index in [0.717, 1.165) is 16.9 Å². The molecule has 1 amide bonds. The minimum absolute atomic E-state index is 0.490. The Labute approximate surface area is 118 Å². The molecule has 1 aromatic heterocycles. The van der Waals surface area contributed by atoms with Gasteiger partial charge in [0.05, 0.1) is 0 Å². The number of amides is 1. The molecule has 0 fully saturated rings. The van der Waals surface area contributed by atoms with Crippen LogP contribution >= 0.6 is 0 Å². The Morgan fingerprint density at radius 2 is 1.95 bits per heavy atom. The van der Waals surface area contributed by atoms with Gasteiger partial charge in [0, 0.05) is 6.20 Å². The number of hydrogen-bond donors (Lipinski definition) is 2. The Bertz CT molecular complexity index is 532. The number of aromatic nitrogens is 2. The summed E-state index contributed by atoms with van der Waals surface area (Å²) in [6.45, 7) is 4.39. The normalized spacial score (nSPS) is 13.8. The monoisotopic (exact) mass is 307 g/mol. The number of aliphatic carboxylic acids is 1. The zero-order valence-electron chi connectivity index (χ0n) is 11.7. The number of carboxylic acid groups (broad SMARTS) is 1. The van der Waals surface area contributed by atoms with Crippen molar-refractivity contribution in [3.8, 4) is 0 Å². The van der Waals surface area contributed by atoms with E-state index in [2.05, 4.69) is 10.4 Å². The molecule has 1 atom stereocenters. The fourth-order valence-electron chi connectivity index (χ4n) is 1.60. The number of nitrogens with zero attached hydrogens (tertiary/aromatic N) is 2. The fourth-order valence-corrected chi connectivity index (χ4v) is 1.60. The van der Waals surface area contributed by atoms with Crippen molar-refractivity contribution in [2.24, 2.45) is 5.41 Å². The van der Waals surface area contributed by atoms with Crippen LogP contribution in [0, 0.1) is 5.41 Å². The first-order chi connectivity index (χ1) is 9.41. The summed E-state index contributed by atoms with van der Waals surface area (Å²) in [5.74, 6) is -1.94. The summed E-state index contributed by atoms with van der Waals surface area (Å²) in [6, 6.07) is -0.409. The van der Waals surface area contributed by atoms with Crippen molar-refractivity contribution in [1.29, 1.82) is 0 Å².